The van der Waals surface area contributed by atoms with Crippen molar-refractivity contribution in [3.05, 3.63) is 108 Å². The molecule has 61 heavy (non-hydrogen) atoms. The second kappa shape index (κ2) is 20.9. The summed E-state index contributed by atoms with van der Waals surface area (Å²) in [6.07, 6.45) is 4.22. The second-order valence-corrected chi connectivity index (χ2v) is 14.8. The number of carbonyl (C=O) groups excluding carboxylic acids is 1. The summed E-state index contributed by atoms with van der Waals surface area (Å²) >= 11 is 0. The maximum atomic E-state index is 13.5. The Morgan fingerprint density at radius 3 is 1.46 bits per heavy atom. The number of aliphatic hydroxyl groups is 1. The number of carbonyl (C=O) groups is 2. The first-order valence-electron chi connectivity index (χ1n) is 20.0. The molecular weight excluding hydrogens is 787 g/mol. The summed E-state index contributed by atoms with van der Waals surface area (Å²) < 4.78 is 42.5. The molecule has 2 aromatic heterocycles. The Bertz CT molecular complexity index is 2430. The molecule has 320 valence electrons. The largest absolute Gasteiger partial charge is 0.478 e. The molecule has 0 amide bonds. The molecule has 4 heterocycles. The number of rotatable bonds is 10. The van der Waals surface area contributed by atoms with Gasteiger partial charge in [-0.15, -0.1) is 0 Å². The average molecular weight is 837 g/mol. The third-order valence-corrected chi connectivity index (χ3v) is 10.6. The first-order chi connectivity index (χ1) is 29.6. The standard InChI is InChI=1S/C23H24FN3O3.C22H22FN3O3.CH4O/c1-29-14-15-4-3-11-27(13-15)22-21(16-5-8-18(24)9-6-16)25-19-10-7-17(23(28)30-2)12-20(19)26-22;1-29-13-14-3-2-10-26(12-14)21-20(15-4-7-17(23)8-5-15)24-18-9-6-16(22(27)28)11-19(18)25-21;1-2/h5-10,12,15H,3-4,11,13-14H2,1-2H3;4-9,11,14H,2-3,10,12-13H2,1H3,(H,27,28);2H,1H3. The van der Waals surface area contributed by atoms with E-state index in [-0.39, 0.29) is 17.2 Å². The van der Waals surface area contributed by atoms with Crippen LogP contribution in [0.25, 0.3) is 44.6 Å². The van der Waals surface area contributed by atoms with Gasteiger partial charge >= 0.3 is 11.9 Å². The number of piperidine rings is 2. The zero-order valence-electron chi connectivity index (χ0n) is 34.7. The molecular formula is C46H50F2N6O7. The molecule has 2 saturated heterocycles. The number of fused-ring (bicyclic) bond motifs is 2. The minimum Gasteiger partial charge on any atom is -0.478 e. The van der Waals surface area contributed by atoms with Crippen LogP contribution in [0.2, 0.25) is 0 Å². The molecule has 2 aliphatic rings. The van der Waals surface area contributed by atoms with Crippen molar-refractivity contribution in [3.63, 3.8) is 0 Å². The zero-order chi connectivity index (χ0) is 43.5. The van der Waals surface area contributed by atoms with E-state index >= 15 is 0 Å². The number of aromatic carboxylic acids is 1. The molecule has 2 unspecified atom stereocenters. The number of benzene rings is 4. The van der Waals surface area contributed by atoms with E-state index in [1.54, 1.807) is 68.8 Å². The van der Waals surface area contributed by atoms with Gasteiger partial charge in [0.1, 0.15) is 23.0 Å². The van der Waals surface area contributed by atoms with E-state index in [0.29, 0.717) is 69.9 Å². The van der Waals surface area contributed by atoms with Crippen LogP contribution < -0.4 is 9.80 Å². The van der Waals surface area contributed by atoms with E-state index in [2.05, 4.69) is 9.80 Å². The number of carboxylic acids is 1. The number of nitrogens with zero attached hydrogens (tertiary/aromatic N) is 6. The fourth-order valence-corrected chi connectivity index (χ4v) is 7.77. The molecule has 8 rings (SSSR count). The first kappa shape index (κ1) is 44.4. The number of hydrogen-bond donors (Lipinski definition) is 2. The molecule has 6 aromatic rings. The van der Waals surface area contributed by atoms with Crippen LogP contribution in [0.4, 0.5) is 20.4 Å². The van der Waals surface area contributed by atoms with Crippen molar-refractivity contribution >= 4 is 45.6 Å². The highest BCUT2D eigenvalue weighted by Crippen LogP contribution is 2.35. The molecule has 0 bridgehead atoms. The van der Waals surface area contributed by atoms with E-state index in [4.69, 9.17) is 39.3 Å². The molecule has 2 atom stereocenters. The van der Waals surface area contributed by atoms with Gasteiger partial charge in [-0.3, -0.25) is 0 Å². The van der Waals surface area contributed by atoms with E-state index in [1.165, 1.54) is 37.4 Å². The fraction of sp³-hybridized carbons (Fsp3) is 0.348. The third-order valence-electron chi connectivity index (χ3n) is 10.6. The molecule has 2 fully saturated rings. The quantitative estimate of drug-likeness (QED) is 0.129. The van der Waals surface area contributed by atoms with Crippen LogP contribution in [0, 0.1) is 23.5 Å². The number of aliphatic hydroxyl groups excluding tert-OH is 1. The number of esters is 1. The van der Waals surface area contributed by atoms with Crippen LogP contribution >= 0.6 is 0 Å². The summed E-state index contributed by atoms with van der Waals surface area (Å²) in [4.78, 5) is 47.0. The Labute approximate surface area is 353 Å². The number of methoxy groups -OCH3 is 3. The molecule has 0 radical (unpaired) electrons. The van der Waals surface area contributed by atoms with Crippen LogP contribution in [0.1, 0.15) is 46.4 Å². The highest BCUT2D eigenvalue weighted by Gasteiger charge is 2.27. The van der Waals surface area contributed by atoms with Gasteiger partial charge in [-0.25, -0.2) is 38.3 Å². The number of ether oxygens (including phenoxy) is 3. The second-order valence-electron chi connectivity index (χ2n) is 14.8. The van der Waals surface area contributed by atoms with Crippen LogP contribution in [0.5, 0.6) is 0 Å². The maximum absolute atomic E-state index is 13.5. The number of halogens is 2. The van der Waals surface area contributed by atoms with Crippen molar-refractivity contribution in [1.82, 2.24) is 19.9 Å². The molecule has 15 heteroatoms. The predicted octanol–water partition coefficient (Wildman–Crippen LogP) is 7.69. The van der Waals surface area contributed by atoms with Crippen molar-refractivity contribution in [2.45, 2.75) is 25.7 Å². The van der Waals surface area contributed by atoms with Gasteiger partial charge in [0.05, 0.1) is 53.5 Å². The lowest BCUT2D eigenvalue weighted by atomic mass is 9.98. The van der Waals surface area contributed by atoms with E-state index in [9.17, 15) is 23.5 Å². The van der Waals surface area contributed by atoms with Gasteiger partial charge in [-0.1, -0.05) is 0 Å². The van der Waals surface area contributed by atoms with Crippen LogP contribution in [0.3, 0.4) is 0 Å². The monoisotopic (exact) mass is 836 g/mol. The molecule has 0 spiro atoms. The Morgan fingerprint density at radius 2 is 1.05 bits per heavy atom. The SMILES string of the molecule is CO.COCC1CCCN(c2nc3cc(C(=O)O)ccc3nc2-c2ccc(F)cc2)C1.COCC1CCCN(c2nc3cc(C(=O)OC)ccc3nc2-c2ccc(F)cc2)C1. The van der Waals surface area contributed by atoms with E-state index in [0.717, 1.165) is 75.9 Å². The Morgan fingerprint density at radius 1 is 0.623 bits per heavy atom. The third kappa shape index (κ3) is 10.8. The Hall–Kier alpha value is -6.16. The fourth-order valence-electron chi connectivity index (χ4n) is 7.77. The summed E-state index contributed by atoms with van der Waals surface area (Å²) in [6, 6.07) is 22.3. The van der Waals surface area contributed by atoms with E-state index in [1.807, 2.05) is 0 Å². The van der Waals surface area contributed by atoms with Gasteiger partial charge < -0.3 is 34.2 Å². The molecule has 0 saturated carbocycles. The van der Waals surface area contributed by atoms with Gasteiger partial charge in [0, 0.05) is 58.6 Å². The molecule has 2 aliphatic heterocycles. The predicted molar refractivity (Wildman–Crippen MR) is 230 cm³/mol. The minimum atomic E-state index is -1.00. The summed E-state index contributed by atoms with van der Waals surface area (Å²) in [5.74, 6) is 0.186. The smallest absolute Gasteiger partial charge is 0.337 e. The van der Waals surface area contributed by atoms with Gasteiger partial charge in [0.2, 0.25) is 0 Å². The van der Waals surface area contributed by atoms with Crippen LogP contribution in [0.15, 0.2) is 84.9 Å². The van der Waals surface area contributed by atoms with Gasteiger partial charge in [0.25, 0.3) is 0 Å². The topological polar surface area (TPSA) is 160 Å². The van der Waals surface area contributed by atoms with Crippen molar-refractivity contribution in [2.24, 2.45) is 11.8 Å². The molecule has 2 N–H and O–H groups in total. The van der Waals surface area contributed by atoms with Gasteiger partial charge in [-0.05, 0) is 122 Å². The lowest BCUT2D eigenvalue weighted by Crippen LogP contribution is -2.38. The zero-order valence-corrected chi connectivity index (χ0v) is 34.7. The lowest BCUT2D eigenvalue weighted by molar-refractivity contribution is 0.0600. The van der Waals surface area contributed by atoms with E-state index < -0.39 is 11.9 Å². The lowest BCUT2D eigenvalue weighted by Gasteiger charge is -2.34. The Kier molecular flexibility index (Phi) is 15.2. The van der Waals surface area contributed by atoms with Crippen LogP contribution in [-0.2, 0) is 14.2 Å². The van der Waals surface area contributed by atoms with Gasteiger partial charge in [-0.2, -0.15) is 0 Å². The number of carboxylic acid groups (broad SMARTS) is 1. The number of anilines is 2. The summed E-state index contributed by atoms with van der Waals surface area (Å²) in [7, 11) is 5.77. The Balaban J connectivity index is 0.000000196. The average Bonchev–Trinajstić information content (AvgIpc) is 3.29. The maximum Gasteiger partial charge on any atom is 0.337 e. The minimum absolute atomic E-state index is 0.170. The summed E-state index contributed by atoms with van der Waals surface area (Å²) in [6.45, 7) is 4.63. The highest BCUT2D eigenvalue weighted by molar-refractivity contribution is 5.95. The van der Waals surface area contributed by atoms with Crippen molar-refractivity contribution < 1.29 is 42.8 Å². The number of hydrogen-bond acceptors (Lipinski definition) is 12. The first-order valence-corrected chi connectivity index (χ1v) is 20.0. The normalized spacial score (nSPS) is 16.3. The number of aromatic nitrogens is 4. The van der Waals surface area contributed by atoms with Crippen molar-refractivity contribution in [1.29, 1.82) is 0 Å². The van der Waals surface area contributed by atoms with Crippen LogP contribution in [-0.4, -0.2) is 110 Å². The summed E-state index contributed by atoms with van der Waals surface area (Å²) in [5.41, 5.74) is 5.94. The van der Waals surface area contributed by atoms with Crippen molar-refractivity contribution in [3.8, 4) is 22.5 Å². The summed E-state index contributed by atoms with van der Waals surface area (Å²) in [5, 5.41) is 16.3. The molecule has 13 nitrogen and oxygen atoms in total. The molecule has 4 aromatic carbocycles. The van der Waals surface area contributed by atoms with Crippen molar-refractivity contribution in [2.75, 3.05) is 77.6 Å². The molecule has 0 aliphatic carbocycles. The van der Waals surface area contributed by atoms with Gasteiger partial charge in [0.15, 0.2) is 11.6 Å². The highest BCUT2D eigenvalue weighted by atomic mass is 19.1.